The van der Waals surface area contributed by atoms with Crippen molar-refractivity contribution in [1.29, 1.82) is 0 Å². The molecule has 0 saturated heterocycles. The maximum absolute atomic E-state index is 13.0. The summed E-state index contributed by atoms with van der Waals surface area (Å²) in [6, 6.07) is 13.4. The minimum absolute atomic E-state index is 0.165. The number of thioether (sulfide) groups is 1. The van der Waals surface area contributed by atoms with Gasteiger partial charge in [-0.25, -0.2) is 4.39 Å². The minimum Gasteiger partial charge on any atom is -0.497 e. The molecule has 1 aromatic heterocycles. The Labute approximate surface area is 172 Å². The summed E-state index contributed by atoms with van der Waals surface area (Å²) in [6.45, 7) is 3.62. The summed E-state index contributed by atoms with van der Waals surface area (Å²) in [5, 5.41) is 10.9. The SMILES string of the molecule is COc1ccc(Cc2nnc(S[C@@H](C)C(=O)N[C@H](C)c3ccc(F)cc3)o2)cc1. The molecule has 0 bridgehead atoms. The number of nitrogens with zero attached hydrogens (tertiary/aromatic N) is 2. The molecular formula is C21H22FN3O3S. The second-order valence-corrected chi connectivity index (χ2v) is 7.82. The zero-order valence-corrected chi connectivity index (χ0v) is 17.2. The predicted molar refractivity (Wildman–Crippen MR) is 108 cm³/mol. The van der Waals surface area contributed by atoms with Crippen molar-refractivity contribution in [3.8, 4) is 5.75 Å². The summed E-state index contributed by atoms with van der Waals surface area (Å²) in [5.41, 5.74) is 1.85. The summed E-state index contributed by atoms with van der Waals surface area (Å²) in [7, 11) is 1.62. The van der Waals surface area contributed by atoms with Gasteiger partial charge < -0.3 is 14.5 Å². The topological polar surface area (TPSA) is 77.2 Å². The van der Waals surface area contributed by atoms with Gasteiger partial charge in [-0.15, -0.1) is 10.2 Å². The fraction of sp³-hybridized carbons (Fsp3) is 0.286. The Morgan fingerprint density at radius 2 is 1.83 bits per heavy atom. The normalized spacial score (nSPS) is 13.0. The first-order chi connectivity index (χ1) is 13.9. The monoisotopic (exact) mass is 415 g/mol. The van der Waals surface area contributed by atoms with Gasteiger partial charge in [-0.05, 0) is 49.2 Å². The highest BCUT2D eigenvalue weighted by molar-refractivity contribution is 8.00. The van der Waals surface area contributed by atoms with Crippen molar-refractivity contribution in [1.82, 2.24) is 15.5 Å². The first kappa shape index (κ1) is 20.9. The van der Waals surface area contributed by atoms with Gasteiger partial charge in [0, 0.05) is 0 Å². The molecule has 8 heteroatoms. The van der Waals surface area contributed by atoms with Gasteiger partial charge in [0.1, 0.15) is 11.6 Å². The number of carbonyl (C=O) groups is 1. The Balaban J connectivity index is 1.53. The van der Waals surface area contributed by atoms with Crippen LogP contribution in [-0.2, 0) is 11.2 Å². The molecule has 0 unspecified atom stereocenters. The van der Waals surface area contributed by atoms with Crippen LogP contribution in [0.2, 0.25) is 0 Å². The highest BCUT2D eigenvalue weighted by Gasteiger charge is 2.20. The standard InChI is InChI=1S/C21H22FN3O3S/c1-13(16-6-8-17(22)9-7-16)23-20(26)14(2)29-21-25-24-19(28-21)12-15-4-10-18(27-3)11-5-15/h4-11,13-14H,12H2,1-3H3,(H,23,26)/t13-,14+/m1/s1. The predicted octanol–water partition coefficient (Wildman–Crippen LogP) is 4.17. The molecule has 0 saturated carbocycles. The molecule has 3 rings (SSSR count). The molecule has 1 N–H and O–H groups in total. The van der Waals surface area contributed by atoms with Crippen LogP contribution in [0.5, 0.6) is 5.75 Å². The van der Waals surface area contributed by atoms with E-state index in [2.05, 4.69) is 15.5 Å². The third kappa shape index (κ3) is 5.80. The third-order valence-corrected chi connectivity index (χ3v) is 5.27. The third-order valence-electron chi connectivity index (χ3n) is 4.34. The Morgan fingerprint density at radius 3 is 2.48 bits per heavy atom. The van der Waals surface area contributed by atoms with Crippen molar-refractivity contribution in [2.75, 3.05) is 7.11 Å². The van der Waals surface area contributed by atoms with E-state index in [1.165, 1.54) is 23.9 Å². The second kappa shape index (κ2) is 9.56. The van der Waals surface area contributed by atoms with Crippen molar-refractivity contribution >= 4 is 17.7 Å². The van der Waals surface area contributed by atoms with E-state index in [-0.39, 0.29) is 17.8 Å². The summed E-state index contributed by atoms with van der Waals surface area (Å²) >= 11 is 1.20. The molecule has 0 radical (unpaired) electrons. The summed E-state index contributed by atoms with van der Waals surface area (Å²) in [4.78, 5) is 12.4. The first-order valence-electron chi connectivity index (χ1n) is 9.12. The van der Waals surface area contributed by atoms with E-state index in [9.17, 15) is 9.18 Å². The molecule has 152 valence electrons. The molecule has 2 atom stereocenters. The Hall–Kier alpha value is -2.87. The van der Waals surface area contributed by atoms with E-state index >= 15 is 0 Å². The second-order valence-electron chi connectivity index (χ2n) is 6.53. The molecule has 2 aromatic carbocycles. The van der Waals surface area contributed by atoms with Crippen LogP contribution in [0.1, 0.15) is 36.9 Å². The highest BCUT2D eigenvalue weighted by atomic mass is 32.2. The zero-order valence-electron chi connectivity index (χ0n) is 16.4. The molecular weight excluding hydrogens is 393 g/mol. The maximum Gasteiger partial charge on any atom is 0.277 e. The molecule has 1 amide bonds. The fourth-order valence-electron chi connectivity index (χ4n) is 2.65. The summed E-state index contributed by atoms with van der Waals surface area (Å²) < 4.78 is 23.8. The van der Waals surface area contributed by atoms with Gasteiger partial charge in [0.2, 0.25) is 11.8 Å². The van der Waals surface area contributed by atoms with Crippen LogP contribution in [0.25, 0.3) is 0 Å². The van der Waals surface area contributed by atoms with E-state index in [1.54, 1.807) is 26.2 Å². The number of carbonyl (C=O) groups excluding carboxylic acids is 1. The van der Waals surface area contributed by atoms with Gasteiger partial charge in [0.15, 0.2) is 0 Å². The number of halogens is 1. The average molecular weight is 415 g/mol. The molecule has 29 heavy (non-hydrogen) atoms. The van der Waals surface area contributed by atoms with Gasteiger partial charge in [0.25, 0.3) is 5.22 Å². The number of ether oxygens (including phenoxy) is 1. The summed E-state index contributed by atoms with van der Waals surface area (Å²) in [6.07, 6.45) is 0.500. The van der Waals surface area contributed by atoms with Crippen LogP contribution in [0, 0.1) is 5.82 Å². The van der Waals surface area contributed by atoms with Crippen molar-refractivity contribution in [2.45, 2.75) is 36.8 Å². The van der Waals surface area contributed by atoms with E-state index in [0.29, 0.717) is 17.5 Å². The Kier molecular flexibility index (Phi) is 6.87. The van der Waals surface area contributed by atoms with E-state index in [4.69, 9.17) is 9.15 Å². The minimum atomic E-state index is -0.424. The summed E-state index contributed by atoms with van der Waals surface area (Å²) in [5.74, 6) is 0.787. The van der Waals surface area contributed by atoms with Crippen LogP contribution < -0.4 is 10.1 Å². The van der Waals surface area contributed by atoms with Gasteiger partial charge in [-0.3, -0.25) is 4.79 Å². The van der Waals surface area contributed by atoms with Crippen LogP contribution in [-0.4, -0.2) is 28.5 Å². The number of hydrogen-bond donors (Lipinski definition) is 1. The quantitative estimate of drug-likeness (QED) is 0.557. The molecule has 0 aliphatic heterocycles. The zero-order chi connectivity index (χ0) is 20.8. The lowest BCUT2D eigenvalue weighted by atomic mass is 10.1. The Bertz CT molecular complexity index is 945. The number of nitrogens with one attached hydrogen (secondary N) is 1. The highest BCUT2D eigenvalue weighted by Crippen LogP contribution is 2.24. The van der Waals surface area contributed by atoms with Gasteiger partial charge in [0.05, 0.1) is 24.8 Å². The first-order valence-corrected chi connectivity index (χ1v) is 10.0. The molecule has 1 heterocycles. The van der Waals surface area contributed by atoms with Crippen LogP contribution in [0.3, 0.4) is 0 Å². The van der Waals surface area contributed by atoms with Gasteiger partial charge in [-0.1, -0.05) is 36.0 Å². The molecule has 0 fully saturated rings. The van der Waals surface area contributed by atoms with E-state index in [1.807, 2.05) is 31.2 Å². The van der Waals surface area contributed by atoms with Crippen molar-refractivity contribution < 1.29 is 18.3 Å². The number of rotatable bonds is 8. The van der Waals surface area contributed by atoms with E-state index < -0.39 is 5.25 Å². The maximum atomic E-state index is 13.0. The lowest BCUT2D eigenvalue weighted by molar-refractivity contribution is -0.120. The van der Waals surface area contributed by atoms with Gasteiger partial charge >= 0.3 is 0 Å². The number of methoxy groups -OCH3 is 1. The molecule has 3 aromatic rings. The van der Waals surface area contributed by atoms with Crippen molar-refractivity contribution in [3.05, 3.63) is 71.4 Å². The fourth-order valence-corrected chi connectivity index (χ4v) is 3.36. The van der Waals surface area contributed by atoms with Crippen LogP contribution in [0.4, 0.5) is 4.39 Å². The average Bonchev–Trinajstić information content (AvgIpc) is 3.15. The Morgan fingerprint density at radius 1 is 1.14 bits per heavy atom. The number of hydrogen-bond acceptors (Lipinski definition) is 6. The molecule has 0 spiro atoms. The number of aromatic nitrogens is 2. The van der Waals surface area contributed by atoms with Crippen LogP contribution in [0.15, 0.2) is 58.2 Å². The smallest absolute Gasteiger partial charge is 0.277 e. The van der Waals surface area contributed by atoms with E-state index in [0.717, 1.165) is 16.9 Å². The lowest BCUT2D eigenvalue weighted by Crippen LogP contribution is -2.33. The molecule has 0 aliphatic carbocycles. The molecule has 0 aliphatic rings. The van der Waals surface area contributed by atoms with Crippen LogP contribution >= 0.6 is 11.8 Å². The molecule has 6 nitrogen and oxygen atoms in total. The van der Waals surface area contributed by atoms with Crippen molar-refractivity contribution in [3.63, 3.8) is 0 Å². The number of benzene rings is 2. The van der Waals surface area contributed by atoms with Crippen molar-refractivity contribution in [2.24, 2.45) is 0 Å². The van der Waals surface area contributed by atoms with Gasteiger partial charge in [-0.2, -0.15) is 0 Å². The lowest BCUT2D eigenvalue weighted by Gasteiger charge is -2.16. The number of amides is 1. The largest absolute Gasteiger partial charge is 0.497 e.